The minimum Gasteiger partial charge on any atom is -0.477 e. The van der Waals surface area contributed by atoms with Crippen LogP contribution in [0.1, 0.15) is 34.2 Å². The highest BCUT2D eigenvalue weighted by Gasteiger charge is 2.15. The van der Waals surface area contributed by atoms with Crippen molar-refractivity contribution in [2.24, 2.45) is 0 Å². The van der Waals surface area contributed by atoms with Gasteiger partial charge in [0, 0.05) is 11.3 Å². The summed E-state index contributed by atoms with van der Waals surface area (Å²) in [5.74, 6) is -0.994. The molecule has 0 aliphatic carbocycles. The number of aromatic carboxylic acids is 1. The summed E-state index contributed by atoms with van der Waals surface area (Å²) in [7, 11) is 0. The highest BCUT2D eigenvalue weighted by molar-refractivity contribution is 5.87. The maximum absolute atomic E-state index is 11.3. The van der Waals surface area contributed by atoms with Gasteiger partial charge in [-0.25, -0.2) is 14.8 Å². The molecule has 2 aromatic carbocycles. The Morgan fingerprint density at radius 2 is 1.72 bits per heavy atom. The first-order chi connectivity index (χ1) is 12.2. The molecule has 0 atom stereocenters. The molecule has 0 unspecified atom stereocenters. The molecule has 25 heavy (non-hydrogen) atoms. The van der Waals surface area contributed by atoms with Crippen molar-refractivity contribution in [1.29, 1.82) is 0 Å². The third-order valence-corrected chi connectivity index (χ3v) is 4.28. The Balaban J connectivity index is 1.81. The van der Waals surface area contributed by atoms with Crippen LogP contribution in [0.2, 0.25) is 0 Å². The molecule has 3 rings (SSSR count). The molecule has 0 saturated carbocycles. The summed E-state index contributed by atoms with van der Waals surface area (Å²) < 4.78 is 0. The fourth-order valence-corrected chi connectivity index (χ4v) is 3.02. The highest BCUT2D eigenvalue weighted by atomic mass is 16.4. The molecule has 4 heteroatoms. The molecule has 4 nitrogen and oxygen atoms in total. The van der Waals surface area contributed by atoms with Crippen molar-refractivity contribution in [3.8, 4) is 11.1 Å². The second-order valence-electron chi connectivity index (χ2n) is 5.87. The van der Waals surface area contributed by atoms with Crippen molar-refractivity contribution in [3.05, 3.63) is 83.4 Å². The number of carboxylic acid groups (broad SMARTS) is 1. The molecule has 1 aromatic heterocycles. The van der Waals surface area contributed by atoms with Gasteiger partial charge in [-0.2, -0.15) is 0 Å². The molecule has 0 aliphatic rings. The van der Waals surface area contributed by atoms with Crippen LogP contribution in [-0.4, -0.2) is 21.0 Å². The van der Waals surface area contributed by atoms with E-state index < -0.39 is 5.97 Å². The Morgan fingerprint density at radius 3 is 2.44 bits per heavy atom. The number of rotatable bonds is 6. The predicted molar refractivity (Wildman–Crippen MR) is 97.7 cm³/mol. The zero-order chi connectivity index (χ0) is 17.6. The van der Waals surface area contributed by atoms with Gasteiger partial charge in [-0.05, 0) is 36.0 Å². The molecule has 1 heterocycles. The molecule has 3 aromatic rings. The lowest BCUT2D eigenvalue weighted by atomic mass is 9.98. The molecule has 0 spiro atoms. The molecule has 0 bridgehead atoms. The van der Waals surface area contributed by atoms with Crippen LogP contribution in [0, 0.1) is 0 Å². The smallest absolute Gasteiger partial charge is 0.354 e. The van der Waals surface area contributed by atoms with E-state index in [4.69, 9.17) is 0 Å². The van der Waals surface area contributed by atoms with E-state index in [1.807, 2.05) is 25.1 Å². The van der Waals surface area contributed by atoms with Crippen molar-refractivity contribution in [2.75, 3.05) is 0 Å². The SMILES string of the molecule is CCc1c(CCc2cccc(-c3ccccc3)c2)ncnc1C(=O)O. The monoisotopic (exact) mass is 332 g/mol. The zero-order valence-corrected chi connectivity index (χ0v) is 14.1. The van der Waals surface area contributed by atoms with Crippen LogP contribution in [0.3, 0.4) is 0 Å². The van der Waals surface area contributed by atoms with E-state index in [1.165, 1.54) is 23.0 Å². The van der Waals surface area contributed by atoms with Crippen LogP contribution in [0.25, 0.3) is 11.1 Å². The summed E-state index contributed by atoms with van der Waals surface area (Å²) in [5, 5.41) is 9.28. The van der Waals surface area contributed by atoms with Crippen LogP contribution in [0.5, 0.6) is 0 Å². The van der Waals surface area contributed by atoms with E-state index in [0.717, 1.165) is 17.7 Å². The minimum atomic E-state index is -0.994. The summed E-state index contributed by atoms with van der Waals surface area (Å²) in [6.07, 6.45) is 3.47. The van der Waals surface area contributed by atoms with Crippen LogP contribution in [0.15, 0.2) is 60.9 Å². The van der Waals surface area contributed by atoms with Crippen molar-refractivity contribution >= 4 is 5.97 Å². The van der Waals surface area contributed by atoms with Gasteiger partial charge in [0.05, 0.1) is 0 Å². The number of carboxylic acids is 1. The van der Waals surface area contributed by atoms with Crippen molar-refractivity contribution < 1.29 is 9.90 Å². The lowest BCUT2D eigenvalue weighted by Gasteiger charge is -2.10. The second kappa shape index (κ2) is 7.71. The fourth-order valence-electron chi connectivity index (χ4n) is 3.02. The maximum Gasteiger partial charge on any atom is 0.354 e. The Hall–Kier alpha value is -3.01. The van der Waals surface area contributed by atoms with E-state index in [9.17, 15) is 9.90 Å². The number of benzene rings is 2. The number of nitrogens with zero attached hydrogens (tertiary/aromatic N) is 2. The lowest BCUT2D eigenvalue weighted by molar-refractivity contribution is 0.0688. The Morgan fingerprint density at radius 1 is 0.960 bits per heavy atom. The first kappa shape index (κ1) is 16.8. The summed E-state index contributed by atoms with van der Waals surface area (Å²) in [6.45, 7) is 1.94. The largest absolute Gasteiger partial charge is 0.477 e. The zero-order valence-electron chi connectivity index (χ0n) is 14.1. The molecule has 0 radical (unpaired) electrons. The standard InChI is InChI=1S/C21H20N2O2/c1-2-18-19(22-14-23-20(18)21(24)25)12-11-15-7-6-10-17(13-15)16-8-4-3-5-9-16/h3-10,13-14H,2,11-12H2,1H3,(H,24,25). The van der Waals surface area contributed by atoms with Gasteiger partial charge in [-0.1, -0.05) is 61.5 Å². The first-order valence-corrected chi connectivity index (χ1v) is 8.39. The number of hydrogen-bond acceptors (Lipinski definition) is 3. The van der Waals surface area contributed by atoms with Gasteiger partial charge >= 0.3 is 5.97 Å². The van der Waals surface area contributed by atoms with Gasteiger partial charge in [-0.15, -0.1) is 0 Å². The normalized spacial score (nSPS) is 10.6. The molecule has 0 amide bonds. The summed E-state index contributed by atoms with van der Waals surface area (Å²) in [4.78, 5) is 19.5. The second-order valence-corrected chi connectivity index (χ2v) is 5.87. The van der Waals surface area contributed by atoms with Gasteiger partial charge in [-0.3, -0.25) is 0 Å². The third-order valence-electron chi connectivity index (χ3n) is 4.28. The van der Waals surface area contributed by atoms with Gasteiger partial charge in [0.2, 0.25) is 0 Å². The summed E-state index contributed by atoms with van der Waals surface area (Å²) in [6, 6.07) is 18.7. The average Bonchev–Trinajstić information content (AvgIpc) is 2.66. The number of aromatic nitrogens is 2. The molecule has 0 saturated heterocycles. The van der Waals surface area contributed by atoms with Crippen LogP contribution < -0.4 is 0 Å². The van der Waals surface area contributed by atoms with E-state index in [0.29, 0.717) is 12.8 Å². The lowest BCUT2D eigenvalue weighted by Crippen LogP contribution is -2.10. The van der Waals surface area contributed by atoms with E-state index in [2.05, 4.69) is 46.4 Å². The van der Waals surface area contributed by atoms with Gasteiger partial charge in [0.15, 0.2) is 5.69 Å². The van der Waals surface area contributed by atoms with Crippen LogP contribution >= 0.6 is 0 Å². The molecule has 0 fully saturated rings. The van der Waals surface area contributed by atoms with Crippen LogP contribution in [0.4, 0.5) is 0 Å². The average molecular weight is 332 g/mol. The van der Waals surface area contributed by atoms with Gasteiger partial charge in [0.25, 0.3) is 0 Å². The fraction of sp³-hybridized carbons (Fsp3) is 0.190. The van der Waals surface area contributed by atoms with Gasteiger partial charge < -0.3 is 5.11 Å². The Bertz CT molecular complexity index is 876. The Labute approximate surface area is 147 Å². The first-order valence-electron chi connectivity index (χ1n) is 8.39. The van der Waals surface area contributed by atoms with Crippen molar-refractivity contribution in [1.82, 2.24) is 9.97 Å². The topological polar surface area (TPSA) is 63.1 Å². The minimum absolute atomic E-state index is 0.116. The number of hydrogen-bond donors (Lipinski definition) is 1. The molecule has 126 valence electrons. The predicted octanol–water partition coefficient (Wildman–Crippen LogP) is 4.19. The molecular formula is C21H20N2O2. The quantitative estimate of drug-likeness (QED) is 0.735. The molecule has 0 aliphatic heterocycles. The van der Waals surface area contributed by atoms with Crippen molar-refractivity contribution in [3.63, 3.8) is 0 Å². The highest BCUT2D eigenvalue weighted by Crippen LogP contribution is 2.21. The van der Waals surface area contributed by atoms with Gasteiger partial charge in [0.1, 0.15) is 6.33 Å². The van der Waals surface area contributed by atoms with Crippen LogP contribution in [-0.2, 0) is 19.3 Å². The van der Waals surface area contributed by atoms with E-state index in [1.54, 1.807) is 0 Å². The van der Waals surface area contributed by atoms with E-state index in [-0.39, 0.29) is 5.69 Å². The third kappa shape index (κ3) is 3.91. The maximum atomic E-state index is 11.3. The number of carbonyl (C=O) groups is 1. The molecule has 1 N–H and O–H groups in total. The summed E-state index contributed by atoms with van der Waals surface area (Å²) in [5.41, 5.74) is 5.25. The van der Waals surface area contributed by atoms with Crippen molar-refractivity contribution in [2.45, 2.75) is 26.2 Å². The molecular weight excluding hydrogens is 312 g/mol. The summed E-state index contributed by atoms with van der Waals surface area (Å²) >= 11 is 0. The Kier molecular flexibility index (Phi) is 5.19. The van der Waals surface area contributed by atoms with E-state index >= 15 is 0 Å². The number of aryl methyl sites for hydroxylation is 2.